The maximum atomic E-state index is 11.5. The van der Waals surface area contributed by atoms with Crippen molar-refractivity contribution < 1.29 is 20.1 Å². The third-order valence-corrected chi connectivity index (χ3v) is 4.23. The Labute approximate surface area is 124 Å². The summed E-state index contributed by atoms with van der Waals surface area (Å²) in [5.74, 6) is -1.37. The number of hydrogen-bond acceptors (Lipinski definition) is 4. The highest BCUT2D eigenvalue weighted by molar-refractivity contribution is 7.08. The fraction of sp³-hybridized carbons (Fsp3) is 0.0625. The molecular formula is C16H12O4S. The van der Waals surface area contributed by atoms with Gasteiger partial charge < -0.3 is 15.3 Å². The van der Waals surface area contributed by atoms with Gasteiger partial charge in [-0.25, -0.2) is 4.79 Å². The zero-order valence-corrected chi connectivity index (χ0v) is 11.9. The normalized spacial score (nSPS) is 10.9. The average molecular weight is 300 g/mol. The molecule has 0 unspecified atom stereocenters. The largest absolute Gasteiger partial charge is 0.508 e. The molecular weight excluding hydrogens is 288 g/mol. The van der Waals surface area contributed by atoms with Crippen molar-refractivity contribution in [1.29, 1.82) is 0 Å². The molecule has 0 amide bonds. The second-order valence-electron chi connectivity index (χ2n) is 4.77. The molecule has 0 saturated carbocycles. The van der Waals surface area contributed by atoms with Crippen molar-refractivity contribution >= 4 is 28.1 Å². The van der Waals surface area contributed by atoms with Gasteiger partial charge in [0.2, 0.25) is 0 Å². The molecule has 1 aromatic heterocycles. The van der Waals surface area contributed by atoms with Crippen molar-refractivity contribution in [1.82, 2.24) is 0 Å². The first-order chi connectivity index (χ1) is 10.0. The van der Waals surface area contributed by atoms with Crippen molar-refractivity contribution in [2.75, 3.05) is 0 Å². The number of thiophene rings is 1. The molecule has 1 heterocycles. The first-order valence-corrected chi connectivity index (χ1v) is 7.19. The zero-order chi connectivity index (χ0) is 15.1. The van der Waals surface area contributed by atoms with Gasteiger partial charge in [0.25, 0.3) is 0 Å². The summed E-state index contributed by atoms with van der Waals surface area (Å²) in [5, 5.41) is 34.5. The van der Waals surface area contributed by atoms with E-state index >= 15 is 0 Å². The summed E-state index contributed by atoms with van der Waals surface area (Å²) < 4.78 is 0. The lowest BCUT2D eigenvalue weighted by Gasteiger charge is -2.14. The van der Waals surface area contributed by atoms with Crippen LogP contribution in [0.1, 0.15) is 15.9 Å². The van der Waals surface area contributed by atoms with Crippen molar-refractivity contribution in [3.05, 3.63) is 46.2 Å². The van der Waals surface area contributed by atoms with E-state index in [-0.39, 0.29) is 17.1 Å². The molecule has 2 aromatic carbocycles. The average Bonchev–Trinajstić information content (AvgIpc) is 2.93. The summed E-state index contributed by atoms with van der Waals surface area (Å²) in [7, 11) is 0. The van der Waals surface area contributed by atoms with Gasteiger partial charge in [0, 0.05) is 5.56 Å². The Bertz CT molecular complexity index is 851. The molecule has 0 atom stereocenters. The van der Waals surface area contributed by atoms with Crippen LogP contribution in [0.15, 0.2) is 35.0 Å². The van der Waals surface area contributed by atoms with E-state index in [0.29, 0.717) is 21.9 Å². The third kappa shape index (κ3) is 2.02. The summed E-state index contributed by atoms with van der Waals surface area (Å²) in [6.07, 6.45) is 0. The van der Waals surface area contributed by atoms with Gasteiger partial charge in [0.15, 0.2) is 0 Å². The topological polar surface area (TPSA) is 77.8 Å². The smallest absolute Gasteiger partial charge is 0.339 e. The van der Waals surface area contributed by atoms with Gasteiger partial charge in [-0.05, 0) is 63.8 Å². The first-order valence-electron chi connectivity index (χ1n) is 6.25. The Kier molecular flexibility index (Phi) is 3.07. The predicted molar refractivity (Wildman–Crippen MR) is 82.3 cm³/mol. The number of aromatic hydroxyl groups is 2. The van der Waals surface area contributed by atoms with E-state index in [9.17, 15) is 20.1 Å². The monoisotopic (exact) mass is 300 g/mol. The number of fused-ring (bicyclic) bond motifs is 1. The minimum atomic E-state index is -1.19. The summed E-state index contributed by atoms with van der Waals surface area (Å²) >= 11 is 1.47. The predicted octanol–water partition coefficient (Wildman–Crippen LogP) is 3.99. The molecule has 0 aliphatic rings. The first kappa shape index (κ1) is 13.5. The molecule has 3 N–H and O–H groups in total. The lowest BCUT2D eigenvalue weighted by molar-refractivity contribution is 0.0693. The van der Waals surface area contributed by atoms with Gasteiger partial charge in [0.1, 0.15) is 17.1 Å². The van der Waals surface area contributed by atoms with Crippen molar-refractivity contribution in [2.45, 2.75) is 6.92 Å². The van der Waals surface area contributed by atoms with E-state index in [1.807, 2.05) is 16.8 Å². The molecule has 0 saturated heterocycles. The summed E-state index contributed by atoms with van der Waals surface area (Å²) in [4.78, 5) is 11.5. The maximum absolute atomic E-state index is 11.5. The van der Waals surface area contributed by atoms with E-state index in [1.165, 1.54) is 23.5 Å². The number of rotatable bonds is 2. The van der Waals surface area contributed by atoms with E-state index in [0.717, 1.165) is 5.56 Å². The number of phenolic OH excluding ortho intramolecular Hbond substituents is 1. The van der Waals surface area contributed by atoms with Crippen LogP contribution in [0.4, 0.5) is 0 Å². The second kappa shape index (κ2) is 4.79. The molecule has 0 bridgehead atoms. The fourth-order valence-corrected chi connectivity index (χ4v) is 3.23. The van der Waals surface area contributed by atoms with E-state index in [2.05, 4.69) is 0 Å². The number of phenols is 2. The van der Waals surface area contributed by atoms with Gasteiger partial charge in [-0.15, -0.1) is 0 Å². The van der Waals surface area contributed by atoms with Gasteiger partial charge in [-0.3, -0.25) is 0 Å². The third-order valence-electron chi connectivity index (χ3n) is 3.55. The van der Waals surface area contributed by atoms with Crippen LogP contribution in [0.2, 0.25) is 0 Å². The molecule has 0 aliphatic carbocycles. The van der Waals surface area contributed by atoms with Gasteiger partial charge in [-0.1, -0.05) is 0 Å². The van der Waals surface area contributed by atoms with Crippen molar-refractivity contribution in [3.63, 3.8) is 0 Å². The molecule has 21 heavy (non-hydrogen) atoms. The molecule has 106 valence electrons. The molecule has 3 rings (SSSR count). The molecule has 0 fully saturated rings. The minimum absolute atomic E-state index is 0.0592. The number of carboxylic acid groups (broad SMARTS) is 1. The minimum Gasteiger partial charge on any atom is -0.508 e. The van der Waals surface area contributed by atoms with Gasteiger partial charge in [0.05, 0.1) is 0 Å². The van der Waals surface area contributed by atoms with Crippen molar-refractivity contribution in [3.8, 4) is 22.6 Å². The maximum Gasteiger partial charge on any atom is 0.339 e. The summed E-state index contributed by atoms with van der Waals surface area (Å²) in [6, 6.07) is 6.56. The highest BCUT2D eigenvalue weighted by Crippen LogP contribution is 2.43. The Morgan fingerprint density at radius 1 is 1.14 bits per heavy atom. The van der Waals surface area contributed by atoms with Crippen LogP contribution >= 0.6 is 11.3 Å². The summed E-state index contributed by atoms with van der Waals surface area (Å²) in [5.41, 5.74) is 1.55. The van der Waals surface area contributed by atoms with E-state index in [4.69, 9.17) is 0 Å². The van der Waals surface area contributed by atoms with Crippen LogP contribution in [0.3, 0.4) is 0 Å². The summed E-state index contributed by atoms with van der Waals surface area (Å²) in [6.45, 7) is 1.63. The zero-order valence-electron chi connectivity index (χ0n) is 11.1. The fourth-order valence-electron chi connectivity index (χ4n) is 2.59. The van der Waals surface area contributed by atoms with E-state index < -0.39 is 5.97 Å². The Hall–Kier alpha value is -2.53. The van der Waals surface area contributed by atoms with Crippen LogP contribution in [-0.4, -0.2) is 21.3 Å². The van der Waals surface area contributed by atoms with Crippen LogP contribution in [-0.2, 0) is 0 Å². The number of benzene rings is 2. The quantitative estimate of drug-likeness (QED) is 0.669. The van der Waals surface area contributed by atoms with Crippen molar-refractivity contribution in [2.24, 2.45) is 0 Å². The van der Waals surface area contributed by atoms with E-state index in [1.54, 1.807) is 13.0 Å². The van der Waals surface area contributed by atoms with Crippen LogP contribution in [0.25, 0.3) is 21.9 Å². The SMILES string of the molecule is Cc1c(C(=O)O)c(O)c(-c2ccsc2)c2ccc(O)cc12. The molecule has 0 radical (unpaired) electrons. The lowest BCUT2D eigenvalue weighted by atomic mass is 9.91. The Balaban J connectivity index is 2.54. The standard InChI is InChI=1S/C16H12O4S/c1-8-12-6-10(17)2-3-11(12)14(9-4-5-21-7-9)15(18)13(8)16(19)20/h2-7,17-18H,1H3,(H,19,20). The molecule has 4 nitrogen and oxygen atoms in total. The number of aromatic carboxylic acids is 1. The molecule has 0 aliphatic heterocycles. The Morgan fingerprint density at radius 3 is 2.52 bits per heavy atom. The Morgan fingerprint density at radius 2 is 1.90 bits per heavy atom. The second-order valence-corrected chi connectivity index (χ2v) is 5.55. The number of carboxylic acids is 1. The molecule has 0 spiro atoms. The highest BCUT2D eigenvalue weighted by Gasteiger charge is 2.22. The number of aryl methyl sites for hydroxylation is 1. The van der Waals surface area contributed by atoms with Gasteiger partial charge in [-0.2, -0.15) is 11.3 Å². The number of hydrogen-bond donors (Lipinski definition) is 3. The highest BCUT2D eigenvalue weighted by atomic mass is 32.1. The van der Waals surface area contributed by atoms with Crippen LogP contribution < -0.4 is 0 Å². The van der Waals surface area contributed by atoms with Crippen LogP contribution in [0, 0.1) is 6.92 Å². The molecule has 5 heteroatoms. The van der Waals surface area contributed by atoms with Gasteiger partial charge >= 0.3 is 5.97 Å². The molecule has 3 aromatic rings. The number of carbonyl (C=O) groups is 1. The lowest BCUT2D eigenvalue weighted by Crippen LogP contribution is -2.02. The van der Waals surface area contributed by atoms with Crippen LogP contribution in [0.5, 0.6) is 11.5 Å².